The van der Waals surface area contributed by atoms with Crippen molar-refractivity contribution in [2.75, 3.05) is 20.2 Å². The molecule has 1 saturated carbocycles. The van der Waals surface area contributed by atoms with Gasteiger partial charge in [0.1, 0.15) is 0 Å². The molecule has 0 amide bonds. The zero-order valence-electron chi connectivity index (χ0n) is 13.3. The molecule has 1 heterocycles. The minimum absolute atomic E-state index is 0.381. The second-order valence-electron chi connectivity index (χ2n) is 6.42. The van der Waals surface area contributed by atoms with Gasteiger partial charge in [-0.25, -0.2) is 0 Å². The predicted octanol–water partition coefficient (Wildman–Crippen LogP) is 2.98. The molecule has 4 atom stereocenters. The van der Waals surface area contributed by atoms with Gasteiger partial charge in [-0.1, -0.05) is 43.2 Å². The van der Waals surface area contributed by atoms with Crippen LogP contribution in [0.5, 0.6) is 0 Å². The maximum absolute atomic E-state index is 6.02. The summed E-state index contributed by atoms with van der Waals surface area (Å²) in [5.74, 6) is 0. The smallest absolute Gasteiger partial charge is 0.0731 e. The molecule has 2 aliphatic rings. The lowest BCUT2D eigenvalue weighted by Crippen LogP contribution is -2.57. The van der Waals surface area contributed by atoms with E-state index in [2.05, 4.69) is 54.5 Å². The Hall–Kier alpha value is -0.900. The number of rotatable bonds is 4. The van der Waals surface area contributed by atoms with Crippen LogP contribution in [0.4, 0.5) is 0 Å². The summed E-state index contributed by atoms with van der Waals surface area (Å²) in [5.41, 5.74) is 1.38. The standard InChI is InChI=1S/C18H28N2O/c1-14(18(19-2)15-8-4-3-5-9-15)20-12-13-21-17-11-7-6-10-16(17)20/h3-5,8-9,14,16-19H,6-7,10-13H2,1-2H3. The minimum atomic E-state index is 0.381. The third-order valence-electron chi connectivity index (χ3n) is 5.25. The van der Waals surface area contributed by atoms with E-state index in [9.17, 15) is 0 Å². The van der Waals surface area contributed by atoms with E-state index in [-0.39, 0.29) is 0 Å². The van der Waals surface area contributed by atoms with Crippen molar-refractivity contribution < 1.29 is 4.74 Å². The summed E-state index contributed by atoms with van der Waals surface area (Å²) >= 11 is 0. The number of ether oxygens (including phenoxy) is 1. The fourth-order valence-corrected chi connectivity index (χ4v) is 4.17. The molecule has 0 spiro atoms. The molecule has 4 unspecified atom stereocenters. The predicted molar refractivity (Wildman–Crippen MR) is 86.4 cm³/mol. The first-order valence-electron chi connectivity index (χ1n) is 8.41. The van der Waals surface area contributed by atoms with E-state index in [1.807, 2.05) is 0 Å². The van der Waals surface area contributed by atoms with Gasteiger partial charge < -0.3 is 10.1 Å². The fourth-order valence-electron chi connectivity index (χ4n) is 4.17. The van der Waals surface area contributed by atoms with Gasteiger partial charge in [0, 0.05) is 24.7 Å². The van der Waals surface area contributed by atoms with Crippen LogP contribution >= 0.6 is 0 Å². The van der Waals surface area contributed by atoms with Gasteiger partial charge in [-0.3, -0.25) is 4.90 Å². The largest absolute Gasteiger partial charge is 0.375 e. The molecular formula is C18H28N2O. The van der Waals surface area contributed by atoms with Gasteiger partial charge >= 0.3 is 0 Å². The lowest BCUT2D eigenvalue weighted by Gasteiger charge is -2.48. The van der Waals surface area contributed by atoms with Gasteiger partial charge in [-0.05, 0) is 32.4 Å². The van der Waals surface area contributed by atoms with Gasteiger partial charge in [-0.2, -0.15) is 0 Å². The third kappa shape index (κ3) is 3.15. The Bertz CT molecular complexity index is 434. The second-order valence-corrected chi connectivity index (χ2v) is 6.42. The highest BCUT2D eigenvalue weighted by Crippen LogP contribution is 2.32. The number of likely N-dealkylation sites (N-methyl/N-ethyl adjacent to an activating group) is 1. The SMILES string of the molecule is CNC(c1ccccc1)C(C)N1CCOC2CCCCC21. The van der Waals surface area contributed by atoms with Crippen LogP contribution in [-0.2, 0) is 4.74 Å². The van der Waals surface area contributed by atoms with E-state index in [4.69, 9.17) is 4.74 Å². The van der Waals surface area contributed by atoms with E-state index >= 15 is 0 Å². The average Bonchev–Trinajstić information content (AvgIpc) is 2.56. The first kappa shape index (κ1) is 15.0. The maximum atomic E-state index is 6.02. The normalized spacial score (nSPS) is 29.6. The third-order valence-corrected chi connectivity index (χ3v) is 5.25. The molecule has 3 nitrogen and oxygen atoms in total. The van der Waals surface area contributed by atoms with E-state index < -0.39 is 0 Å². The molecule has 1 aliphatic carbocycles. The molecular weight excluding hydrogens is 260 g/mol. The molecule has 116 valence electrons. The number of nitrogens with zero attached hydrogens (tertiary/aromatic N) is 1. The van der Waals surface area contributed by atoms with Gasteiger partial charge in [-0.15, -0.1) is 0 Å². The average molecular weight is 288 g/mol. The molecule has 0 radical (unpaired) electrons. The zero-order valence-corrected chi connectivity index (χ0v) is 13.3. The summed E-state index contributed by atoms with van der Waals surface area (Å²) in [6, 6.07) is 12.3. The van der Waals surface area contributed by atoms with Crippen molar-refractivity contribution in [3.63, 3.8) is 0 Å². The molecule has 1 aliphatic heterocycles. The Morgan fingerprint density at radius 3 is 2.71 bits per heavy atom. The van der Waals surface area contributed by atoms with Crippen LogP contribution in [0.15, 0.2) is 30.3 Å². The maximum Gasteiger partial charge on any atom is 0.0731 e. The molecule has 1 aromatic rings. The number of benzene rings is 1. The number of morpholine rings is 1. The van der Waals surface area contributed by atoms with Crippen molar-refractivity contribution in [2.45, 2.75) is 56.8 Å². The molecule has 3 rings (SSSR count). The van der Waals surface area contributed by atoms with E-state index in [0.717, 1.165) is 13.2 Å². The van der Waals surface area contributed by atoms with Crippen molar-refractivity contribution in [1.82, 2.24) is 10.2 Å². The molecule has 1 aromatic carbocycles. The van der Waals surface area contributed by atoms with Gasteiger partial charge in [0.25, 0.3) is 0 Å². The highest BCUT2D eigenvalue weighted by molar-refractivity contribution is 5.20. The Balaban J connectivity index is 1.77. The van der Waals surface area contributed by atoms with Crippen molar-refractivity contribution in [2.24, 2.45) is 0 Å². The van der Waals surface area contributed by atoms with Gasteiger partial charge in [0.05, 0.1) is 12.7 Å². The highest BCUT2D eigenvalue weighted by Gasteiger charge is 2.38. The van der Waals surface area contributed by atoms with Gasteiger partial charge in [0.15, 0.2) is 0 Å². The van der Waals surface area contributed by atoms with E-state index in [1.165, 1.54) is 31.2 Å². The minimum Gasteiger partial charge on any atom is -0.375 e. The van der Waals surface area contributed by atoms with E-state index in [1.54, 1.807) is 0 Å². The van der Waals surface area contributed by atoms with Crippen molar-refractivity contribution >= 4 is 0 Å². The quantitative estimate of drug-likeness (QED) is 0.922. The van der Waals surface area contributed by atoms with Crippen molar-refractivity contribution in [3.8, 4) is 0 Å². The van der Waals surface area contributed by atoms with Crippen LogP contribution in [0.25, 0.3) is 0 Å². The number of hydrogen-bond acceptors (Lipinski definition) is 3. The summed E-state index contributed by atoms with van der Waals surface area (Å²) in [7, 11) is 2.08. The topological polar surface area (TPSA) is 24.5 Å². The van der Waals surface area contributed by atoms with Crippen LogP contribution < -0.4 is 5.32 Å². The van der Waals surface area contributed by atoms with Crippen LogP contribution in [-0.4, -0.2) is 43.3 Å². The second kappa shape index (κ2) is 6.91. The first-order chi connectivity index (χ1) is 10.3. The fraction of sp³-hybridized carbons (Fsp3) is 0.667. The summed E-state index contributed by atoms with van der Waals surface area (Å²) in [6.45, 7) is 4.31. The van der Waals surface area contributed by atoms with Crippen LogP contribution in [0.3, 0.4) is 0 Å². The molecule has 1 saturated heterocycles. The Labute approximate surface area is 128 Å². The van der Waals surface area contributed by atoms with Crippen LogP contribution in [0.1, 0.15) is 44.2 Å². The molecule has 0 aromatic heterocycles. The lowest BCUT2D eigenvalue weighted by molar-refractivity contribution is -0.104. The highest BCUT2D eigenvalue weighted by atomic mass is 16.5. The summed E-state index contributed by atoms with van der Waals surface area (Å²) < 4.78 is 6.02. The zero-order chi connectivity index (χ0) is 14.7. The van der Waals surface area contributed by atoms with E-state index in [0.29, 0.717) is 24.2 Å². The number of hydrogen-bond donors (Lipinski definition) is 1. The molecule has 0 bridgehead atoms. The van der Waals surface area contributed by atoms with Gasteiger partial charge in [0.2, 0.25) is 0 Å². The first-order valence-corrected chi connectivity index (χ1v) is 8.41. The Morgan fingerprint density at radius 1 is 1.19 bits per heavy atom. The summed E-state index contributed by atoms with van der Waals surface area (Å²) in [6.07, 6.45) is 5.67. The summed E-state index contributed by atoms with van der Waals surface area (Å²) in [5, 5.41) is 3.53. The van der Waals surface area contributed by atoms with Crippen LogP contribution in [0, 0.1) is 0 Å². The Kier molecular flexibility index (Phi) is 4.94. The lowest BCUT2D eigenvalue weighted by atomic mass is 9.87. The summed E-state index contributed by atoms with van der Waals surface area (Å²) in [4.78, 5) is 2.70. The molecule has 3 heteroatoms. The molecule has 21 heavy (non-hydrogen) atoms. The Morgan fingerprint density at radius 2 is 1.95 bits per heavy atom. The monoisotopic (exact) mass is 288 g/mol. The molecule has 1 N–H and O–H groups in total. The van der Waals surface area contributed by atoms with Crippen molar-refractivity contribution in [1.29, 1.82) is 0 Å². The van der Waals surface area contributed by atoms with Crippen LogP contribution in [0.2, 0.25) is 0 Å². The number of nitrogens with one attached hydrogen (secondary N) is 1. The van der Waals surface area contributed by atoms with Crippen molar-refractivity contribution in [3.05, 3.63) is 35.9 Å². The molecule has 2 fully saturated rings. The number of fused-ring (bicyclic) bond motifs is 1.